The number of fused-ring (bicyclic) bond motifs is 1. The molecule has 6 nitrogen and oxygen atoms in total. The number of rotatable bonds is 6. The first-order valence-electron chi connectivity index (χ1n) is 8.30. The predicted molar refractivity (Wildman–Crippen MR) is 103 cm³/mol. The summed E-state index contributed by atoms with van der Waals surface area (Å²) in [6.45, 7) is 2.05. The Labute approximate surface area is 156 Å². The smallest absolute Gasteiger partial charge is 0.311 e. The molecule has 1 aliphatic rings. The molecule has 0 N–H and O–H groups in total. The van der Waals surface area contributed by atoms with Gasteiger partial charge in [-0.3, -0.25) is 14.9 Å². The van der Waals surface area contributed by atoms with Crippen molar-refractivity contribution >= 4 is 29.0 Å². The van der Waals surface area contributed by atoms with E-state index >= 15 is 0 Å². The molecule has 0 spiro atoms. The van der Waals surface area contributed by atoms with Crippen molar-refractivity contribution in [3.8, 4) is 5.75 Å². The summed E-state index contributed by atoms with van der Waals surface area (Å²) in [5.41, 5.74) is 2.93. The van der Waals surface area contributed by atoms with Crippen LogP contribution in [-0.4, -0.2) is 29.7 Å². The van der Waals surface area contributed by atoms with Crippen molar-refractivity contribution in [3.05, 3.63) is 63.7 Å². The maximum Gasteiger partial charge on any atom is 0.311 e. The molecule has 136 valence electrons. The fraction of sp³-hybridized carbons (Fsp3) is 0.316. The molecule has 0 unspecified atom stereocenters. The number of nitro benzene ring substituents is 1. The van der Waals surface area contributed by atoms with Gasteiger partial charge in [0.05, 0.1) is 17.8 Å². The number of hydrogen-bond acceptors (Lipinski definition) is 5. The number of methoxy groups -OCH3 is 1. The fourth-order valence-corrected chi connectivity index (χ4v) is 4.07. The molecule has 0 radical (unpaired) electrons. The average Bonchev–Trinajstić information content (AvgIpc) is 2.97. The van der Waals surface area contributed by atoms with Crippen LogP contribution in [0.1, 0.15) is 18.1 Å². The standard InChI is InChI=1S/C19H20N2O4S/c1-13-9-15-5-3-4-6-16(15)20(13)19(22)12-26-11-14-7-8-18(25-2)17(10-14)21(23)24/h3-8,10,13H,9,11-12H2,1-2H3/t13-/m1/s1. The molecule has 7 heteroatoms. The van der Waals surface area contributed by atoms with Gasteiger partial charge in [-0.15, -0.1) is 11.8 Å². The molecular formula is C19H20N2O4S. The molecule has 0 saturated carbocycles. The summed E-state index contributed by atoms with van der Waals surface area (Å²) >= 11 is 1.46. The van der Waals surface area contributed by atoms with Gasteiger partial charge in [-0.2, -0.15) is 0 Å². The number of nitrogens with zero attached hydrogens (tertiary/aromatic N) is 2. The zero-order valence-electron chi connectivity index (χ0n) is 14.7. The summed E-state index contributed by atoms with van der Waals surface area (Å²) in [5.74, 6) is 1.16. The first-order valence-corrected chi connectivity index (χ1v) is 9.45. The van der Waals surface area contributed by atoms with E-state index in [1.807, 2.05) is 23.1 Å². The SMILES string of the molecule is COc1ccc(CSCC(=O)N2c3ccccc3C[C@H]2C)cc1[N+](=O)[O-]. The van der Waals surface area contributed by atoms with Crippen LogP contribution in [0.25, 0.3) is 0 Å². The van der Waals surface area contributed by atoms with E-state index in [1.54, 1.807) is 12.1 Å². The Bertz CT molecular complexity index is 840. The molecule has 2 aromatic rings. The van der Waals surface area contributed by atoms with E-state index in [0.29, 0.717) is 11.5 Å². The minimum atomic E-state index is -0.457. The van der Waals surface area contributed by atoms with E-state index in [4.69, 9.17) is 4.74 Å². The van der Waals surface area contributed by atoms with Gasteiger partial charge >= 0.3 is 5.69 Å². The highest BCUT2D eigenvalue weighted by atomic mass is 32.2. The van der Waals surface area contributed by atoms with Crippen LogP contribution in [0.15, 0.2) is 42.5 Å². The van der Waals surface area contributed by atoms with Gasteiger partial charge in [-0.05, 0) is 36.6 Å². The number of hydrogen-bond donors (Lipinski definition) is 0. The van der Waals surface area contributed by atoms with Crippen LogP contribution in [-0.2, 0) is 17.0 Å². The molecule has 1 atom stereocenters. The summed E-state index contributed by atoms with van der Waals surface area (Å²) in [6.07, 6.45) is 0.872. The normalized spacial score (nSPS) is 15.6. The maximum atomic E-state index is 12.7. The van der Waals surface area contributed by atoms with Crippen molar-refractivity contribution < 1.29 is 14.5 Å². The Morgan fingerprint density at radius 2 is 2.12 bits per heavy atom. The molecule has 0 aliphatic carbocycles. The second-order valence-corrected chi connectivity index (χ2v) is 7.19. The van der Waals surface area contributed by atoms with Crippen molar-refractivity contribution in [2.75, 3.05) is 17.8 Å². The molecular weight excluding hydrogens is 352 g/mol. The van der Waals surface area contributed by atoms with Crippen molar-refractivity contribution in [2.24, 2.45) is 0 Å². The molecule has 1 amide bonds. The topological polar surface area (TPSA) is 72.7 Å². The molecule has 0 aromatic heterocycles. The first kappa shape index (κ1) is 18.3. The van der Waals surface area contributed by atoms with Gasteiger partial charge < -0.3 is 9.64 Å². The van der Waals surface area contributed by atoms with Gasteiger partial charge in [0.1, 0.15) is 0 Å². The molecule has 0 bridgehead atoms. The van der Waals surface area contributed by atoms with E-state index in [1.165, 1.54) is 30.5 Å². The minimum Gasteiger partial charge on any atom is -0.490 e. The summed E-state index contributed by atoms with van der Waals surface area (Å²) in [5, 5.41) is 11.1. The summed E-state index contributed by atoms with van der Waals surface area (Å²) in [6, 6.07) is 13.0. The number of thioether (sulfide) groups is 1. The van der Waals surface area contributed by atoms with Crippen molar-refractivity contribution in [3.63, 3.8) is 0 Å². The van der Waals surface area contributed by atoms with E-state index < -0.39 is 4.92 Å². The highest BCUT2D eigenvalue weighted by Gasteiger charge is 2.30. The van der Waals surface area contributed by atoms with Gasteiger partial charge in [0, 0.05) is 23.5 Å². The van der Waals surface area contributed by atoms with Crippen LogP contribution < -0.4 is 9.64 Å². The third kappa shape index (κ3) is 3.67. The third-order valence-corrected chi connectivity index (χ3v) is 5.40. The number of benzene rings is 2. The number of amides is 1. The molecule has 1 heterocycles. The number of nitro groups is 1. The van der Waals surface area contributed by atoms with Crippen LogP contribution in [0.4, 0.5) is 11.4 Å². The molecule has 26 heavy (non-hydrogen) atoms. The Kier molecular flexibility index (Phi) is 5.46. The number of para-hydroxylation sites is 1. The number of carbonyl (C=O) groups excluding carboxylic acids is 1. The van der Waals surface area contributed by atoms with E-state index in [9.17, 15) is 14.9 Å². The van der Waals surface area contributed by atoms with Crippen LogP contribution in [0.2, 0.25) is 0 Å². The zero-order valence-corrected chi connectivity index (χ0v) is 15.5. The van der Waals surface area contributed by atoms with Crippen molar-refractivity contribution in [1.29, 1.82) is 0 Å². The summed E-state index contributed by atoms with van der Waals surface area (Å²) in [7, 11) is 1.41. The quantitative estimate of drug-likeness (QED) is 0.569. The van der Waals surface area contributed by atoms with Gasteiger partial charge in [0.2, 0.25) is 5.91 Å². The van der Waals surface area contributed by atoms with Gasteiger partial charge in [0.25, 0.3) is 0 Å². The van der Waals surface area contributed by atoms with Gasteiger partial charge in [-0.1, -0.05) is 24.3 Å². The van der Waals surface area contributed by atoms with E-state index in [0.717, 1.165) is 17.7 Å². The van der Waals surface area contributed by atoms with Crippen molar-refractivity contribution in [2.45, 2.75) is 25.1 Å². The third-order valence-electron chi connectivity index (χ3n) is 4.41. The number of carbonyl (C=O) groups is 1. The minimum absolute atomic E-state index is 0.0565. The largest absolute Gasteiger partial charge is 0.490 e. The predicted octanol–water partition coefficient (Wildman–Crippen LogP) is 3.81. The Morgan fingerprint density at radius 3 is 2.85 bits per heavy atom. The highest BCUT2D eigenvalue weighted by molar-refractivity contribution is 7.99. The lowest BCUT2D eigenvalue weighted by Crippen LogP contribution is -2.37. The van der Waals surface area contributed by atoms with Crippen molar-refractivity contribution in [1.82, 2.24) is 0 Å². The molecule has 0 fully saturated rings. The van der Waals surface area contributed by atoms with Crippen LogP contribution in [0.3, 0.4) is 0 Å². The fourth-order valence-electron chi connectivity index (χ4n) is 3.24. The molecule has 1 aliphatic heterocycles. The Morgan fingerprint density at radius 1 is 1.35 bits per heavy atom. The lowest BCUT2D eigenvalue weighted by Gasteiger charge is -2.22. The lowest BCUT2D eigenvalue weighted by atomic mass is 10.1. The number of anilines is 1. The van der Waals surface area contributed by atoms with E-state index in [2.05, 4.69) is 13.0 Å². The molecule has 0 saturated heterocycles. The number of ether oxygens (including phenoxy) is 1. The van der Waals surface area contributed by atoms with E-state index in [-0.39, 0.29) is 23.4 Å². The average molecular weight is 372 g/mol. The monoisotopic (exact) mass is 372 g/mol. The van der Waals surface area contributed by atoms with Crippen LogP contribution in [0, 0.1) is 10.1 Å². The summed E-state index contributed by atoms with van der Waals surface area (Å²) < 4.78 is 5.01. The maximum absolute atomic E-state index is 12.7. The zero-order chi connectivity index (χ0) is 18.7. The highest BCUT2D eigenvalue weighted by Crippen LogP contribution is 2.33. The van der Waals surface area contributed by atoms with Gasteiger partial charge in [-0.25, -0.2) is 0 Å². The lowest BCUT2D eigenvalue weighted by molar-refractivity contribution is -0.385. The summed E-state index contributed by atoms with van der Waals surface area (Å²) in [4.78, 5) is 25.2. The van der Waals surface area contributed by atoms with Gasteiger partial charge in [0.15, 0.2) is 5.75 Å². The van der Waals surface area contributed by atoms with Crippen LogP contribution >= 0.6 is 11.8 Å². The Balaban J connectivity index is 1.63. The van der Waals surface area contributed by atoms with Crippen LogP contribution in [0.5, 0.6) is 5.75 Å². The molecule has 2 aromatic carbocycles. The second-order valence-electron chi connectivity index (χ2n) is 6.20. The Hall–Kier alpha value is -2.54. The molecule has 3 rings (SSSR count). The first-order chi connectivity index (χ1) is 12.5. The second kappa shape index (κ2) is 7.78.